The summed E-state index contributed by atoms with van der Waals surface area (Å²) in [5.41, 5.74) is 5.31. The van der Waals surface area contributed by atoms with Crippen molar-refractivity contribution >= 4 is 35.4 Å². The molecule has 0 spiro atoms. The highest BCUT2D eigenvalue weighted by molar-refractivity contribution is 6.35. The smallest absolute Gasteiger partial charge is 0.387 e. The fourth-order valence-corrected chi connectivity index (χ4v) is 7.00. The van der Waals surface area contributed by atoms with Gasteiger partial charge in [-0.15, -0.1) is 0 Å². The van der Waals surface area contributed by atoms with Crippen LogP contribution in [0.25, 0.3) is 22.4 Å². The Morgan fingerprint density at radius 3 is 2.58 bits per heavy atom. The number of carbonyl (C=O) groups is 3. The van der Waals surface area contributed by atoms with Crippen LogP contribution >= 0.6 is 11.6 Å². The van der Waals surface area contributed by atoms with Gasteiger partial charge in [-0.1, -0.05) is 29.8 Å². The first-order valence-electron chi connectivity index (χ1n) is 15.7. The number of benzene rings is 2. The summed E-state index contributed by atoms with van der Waals surface area (Å²) in [6.07, 6.45) is 4.62. The SMILES string of the molecule is CC(=O)N1CCC(N2CCc3c(nc(C(=O)Nc4cccc(-c5ccnc(-c6ccc(C=O)c(OC(F)F)c6)c5Cl)c4C)n3C)C2)CC1. The zero-order valence-corrected chi connectivity index (χ0v) is 27.6. The lowest BCUT2D eigenvalue weighted by Gasteiger charge is -2.39. The van der Waals surface area contributed by atoms with Gasteiger partial charge < -0.3 is 19.5 Å². The lowest BCUT2D eigenvalue weighted by molar-refractivity contribution is -0.130. The maximum absolute atomic E-state index is 13.6. The van der Waals surface area contributed by atoms with Crippen LogP contribution in [-0.2, 0) is 24.8 Å². The molecule has 1 fully saturated rings. The number of fused-ring (bicyclic) bond motifs is 1. The predicted molar refractivity (Wildman–Crippen MR) is 177 cm³/mol. The Hall–Kier alpha value is -4.68. The second-order valence-electron chi connectivity index (χ2n) is 12.0. The van der Waals surface area contributed by atoms with Gasteiger partial charge in [-0.2, -0.15) is 8.78 Å². The summed E-state index contributed by atoms with van der Waals surface area (Å²) >= 11 is 6.86. The first-order chi connectivity index (χ1) is 23.0. The van der Waals surface area contributed by atoms with Gasteiger partial charge in [-0.25, -0.2) is 4.98 Å². The number of halogens is 3. The van der Waals surface area contributed by atoms with Crippen LogP contribution < -0.4 is 10.1 Å². The highest BCUT2D eigenvalue weighted by atomic mass is 35.5. The minimum atomic E-state index is -3.11. The van der Waals surface area contributed by atoms with E-state index in [0.717, 1.165) is 61.4 Å². The molecule has 2 amide bonds. The molecule has 2 aromatic carbocycles. The van der Waals surface area contributed by atoms with Crippen LogP contribution in [0.15, 0.2) is 48.7 Å². The number of hydrogen-bond donors (Lipinski definition) is 1. The molecule has 2 aromatic heterocycles. The summed E-state index contributed by atoms with van der Waals surface area (Å²) in [7, 11) is 1.86. The summed E-state index contributed by atoms with van der Waals surface area (Å²) in [6.45, 7) is 3.42. The van der Waals surface area contributed by atoms with Crippen molar-refractivity contribution in [2.24, 2.45) is 7.05 Å². The number of anilines is 1. The second-order valence-corrected chi connectivity index (χ2v) is 12.4. The number of ether oxygens (including phenoxy) is 1. The van der Waals surface area contributed by atoms with E-state index in [0.29, 0.717) is 47.2 Å². The van der Waals surface area contributed by atoms with Crippen molar-refractivity contribution < 1.29 is 27.9 Å². The maximum Gasteiger partial charge on any atom is 0.387 e. The molecule has 1 saturated heterocycles. The highest BCUT2D eigenvalue weighted by Gasteiger charge is 2.31. The lowest BCUT2D eigenvalue weighted by Crippen LogP contribution is -2.47. The molecule has 4 heterocycles. The van der Waals surface area contributed by atoms with Crippen molar-refractivity contribution in [3.05, 3.63) is 82.0 Å². The van der Waals surface area contributed by atoms with Crippen LogP contribution in [0.2, 0.25) is 5.02 Å². The number of pyridine rings is 1. The standard InChI is InChI=1S/C35H35ClF2N6O4/c1-20-25(26-9-13-39-32(31(26)36)22-7-8-23(19-45)30(17-22)48-35(37)38)5-4-6-27(20)41-34(47)33-40-28-18-44(16-12-29(28)42(33)3)24-10-14-43(15-11-24)21(2)46/h4-9,13,17,19,24,35H,10-12,14-16,18H2,1-3H3,(H,41,47). The van der Waals surface area contributed by atoms with E-state index >= 15 is 0 Å². The number of rotatable bonds is 8. The largest absolute Gasteiger partial charge is 0.434 e. The molecule has 0 bridgehead atoms. The molecular formula is C35H35ClF2N6O4. The van der Waals surface area contributed by atoms with E-state index in [1.165, 1.54) is 12.1 Å². The molecule has 6 rings (SSSR count). The third-order valence-corrected chi connectivity index (χ3v) is 9.69. The zero-order chi connectivity index (χ0) is 34.1. The van der Waals surface area contributed by atoms with Crippen molar-refractivity contribution in [2.45, 2.75) is 52.3 Å². The summed E-state index contributed by atoms with van der Waals surface area (Å²) < 4.78 is 32.4. The topological polar surface area (TPSA) is 110 Å². The van der Waals surface area contributed by atoms with Gasteiger partial charge in [-0.3, -0.25) is 24.3 Å². The zero-order valence-electron chi connectivity index (χ0n) is 26.8. The molecule has 0 atom stereocenters. The number of imidazole rings is 1. The van der Waals surface area contributed by atoms with Crippen molar-refractivity contribution in [1.82, 2.24) is 24.3 Å². The van der Waals surface area contributed by atoms with E-state index in [1.807, 2.05) is 29.5 Å². The van der Waals surface area contributed by atoms with Gasteiger partial charge >= 0.3 is 6.61 Å². The molecule has 1 N–H and O–H groups in total. The van der Waals surface area contributed by atoms with Crippen LogP contribution in [0.1, 0.15) is 57.7 Å². The molecule has 48 heavy (non-hydrogen) atoms. The average Bonchev–Trinajstić information content (AvgIpc) is 3.41. The molecule has 4 aromatic rings. The number of alkyl halides is 2. The Morgan fingerprint density at radius 2 is 1.88 bits per heavy atom. The molecule has 13 heteroatoms. The van der Waals surface area contributed by atoms with E-state index in [9.17, 15) is 23.2 Å². The summed E-state index contributed by atoms with van der Waals surface area (Å²) in [4.78, 5) is 50.2. The monoisotopic (exact) mass is 676 g/mol. The van der Waals surface area contributed by atoms with Crippen molar-refractivity contribution in [3.63, 3.8) is 0 Å². The summed E-state index contributed by atoms with van der Waals surface area (Å²) in [5.74, 6) is -0.176. The highest BCUT2D eigenvalue weighted by Crippen LogP contribution is 2.39. The van der Waals surface area contributed by atoms with Crippen molar-refractivity contribution in [1.29, 1.82) is 0 Å². The Morgan fingerprint density at radius 1 is 1.10 bits per heavy atom. The quantitative estimate of drug-likeness (QED) is 0.223. The molecule has 10 nitrogen and oxygen atoms in total. The fourth-order valence-electron chi connectivity index (χ4n) is 6.68. The minimum Gasteiger partial charge on any atom is -0.434 e. The molecule has 250 valence electrons. The number of hydrogen-bond acceptors (Lipinski definition) is 7. The third-order valence-electron chi connectivity index (χ3n) is 9.31. The number of nitrogens with zero attached hydrogens (tertiary/aromatic N) is 5. The van der Waals surface area contributed by atoms with Crippen LogP contribution in [0.5, 0.6) is 5.75 Å². The Bertz CT molecular complexity index is 1890. The average molecular weight is 677 g/mol. The van der Waals surface area contributed by atoms with E-state index < -0.39 is 6.61 Å². The van der Waals surface area contributed by atoms with E-state index in [4.69, 9.17) is 16.6 Å². The van der Waals surface area contributed by atoms with Gasteiger partial charge in [0.1, 0.15) is 5.75 Å². The summed E-state index contributed by atoms with van der Waals surface area (Å²) in [6, 6.07) is 11.8. The maximum atomic E-state index is 13.6. The molecule has 0 unspecified atom stereocenters. The van der Waals surface area contributed by atoms with E-state index in [2.05, 4.69) is 19.9 Å². The van der Waals surface area contributed by atoms with Gasteiger partial charge in [0.25, 0.3) is 5.91 Å². The Balaban J connectivity index is 1.22. The minimum absolute atomic E-state index is 0.0251. The number of aromatic nitrogens is 3. The van der Waals surface area contributed by atoms with Gasteiger partial charge in [0.05, 0.1) is 22.0 Å². The number of amides is 2. The fraction of sp³-hybridized carbons (Fsp3) is 0.343. The van der Waals surface area contributed by atoms with Crippen LogP contribution in [0.4, 0.5) is 14.5 Å². The summed E-state index contributed by atoms with van der Waals surface area (Å²) in [5, 5.41) is 3.29. The number of aldehydes is 1. The van der Waals surface area contributed by atoms with E-state index in [1.54, 1.807) is 37.4 Å². The van der Waals surface area contributed by atoms with Gasteiger partial charge in [0.2, 0.25) is 5.91 Å². The predicted octanol–water partition coefficient (Wildman–Crippen LogP) is 6.15. The van der Waals surface area contributed by atoms with Gasteiger partial charge in [0.15, 0.2) is 12.1 Å². The number of carbonyl (C=O) groups excluding carboxylic acids is 3. The first kappa shape index (κ1) is 33.2. The van der Waals surface area contributed by atoms with E-state index in [-0.39, 0.29) is 28.1 Å². The molecule has 0 radical (unpaired) electrons. The number of piperidine rings is 1. The first-order valence-corrected chi connectivity index (χ1v) is 16.1. The number of likely N-dealkylation sites (tertiary alicyclic amines) is 1. The Labute approximate surface area is 281 Å². The molecular weight excluding hydrogens is 642 g/mol. The van der Waals surface area contributed by atoms with Crippen LogP contribution in [0.3, 0.4) is 0 Å². The van der Waals surface area contributed by atoms with Crippen molar-refractivity contribution in [2.75, 3.05) is 25.0 Å². The molecule has 0 saturated carbocycles. The van der Waals surface area contributed by atoms with Gasteiger partial charge in [-0.05, 0) is 55.2 Å². The number of nitrogens with one attached hydrogen (secondary N) is 1. The molecule has 0 aliphatic carbocycles. The molecule has 2 aliphatic heterocycles. The second kappa shape index (κ2) is 13.8. The van der Waals surface area contributed by atoms with Crippen LogP contribution in [0, 0.1) is 6.92 Å². The molecule has 2 aliphatic rings. The third kappa shape index (κ3) is 6.54. The van der Waals surface area contributed by atoms with Crippen LogP contribution in [-0.4, -0.2) is 74.7 Å². The Kier molecular flexibility index (Phi) is 9.56. The van der Waals surface area contributed by atoms with Crippen molar-refractivity contribution in [3.8, 4) is 28.1 Å². The van der Waals surface area contributed by atoms with Gasteiger partial charge in [0, 0.05) is 81.3 Å². The normalized spacial score (nSPS) is 15.4. The lowest BCUT2D eigenvalue weighted by atomic mass is 9.97.